The third kappa shape index (κ3) is 2.05. The second-order valence-electron chi connectivity index (χ2n) is 4.62. The van der Waals surface area contributed by atoms with Gasteiger partial charge < -0.3 is 9.72 Å². The van der Waals surface area contributed by atoms with Gasteiger partial charge in [-0.05, 0) is 43.9 Å². The highest BCUT2D eigenvalue weighted by atomic mass is 16.5. The van der Waals surface area contributed by atoms with Crippen LogP contribution in [0.2, 0.25) is 0 Å². The Kier molecular flexibility index (Phi) is 2.59. The van der Waals surface area contributed by atoms with E-state index in [0.717, 1.165) is 35.8 Å². The van der Waals surface area contributed by atoms with Gasteiger partial charge in [-0.3, -0.25) is 4.79 Å². The van der Waals surface area contributed by atoms with Crippen molar-refractivity contribution in [1.29, 1.82) is 0 Å². The van der Waals surface area contributed by atoms with Gasteiger partial charge in [0.1, 0.15) is 5.75 Å². The molecular formula is C14H15NO2. The number of carbonyl (C=O) groups excluding carboxylic acids is 1. The Morgan fingerprint density at radius 3 is 2.82 bits per heavy atom. The SMILES string of the molecule is O=Cc1cc2ccc(OC3CCCC3)cc2[nH]1. The molecule has 3 rings (SSSR count). The molecule has 1 aliphatic carbocycles. The summed E-state index contributed by atoms with van der Waals surface area (Å²) in [7, 11) is 0. The normalized spacial score (nSPS) is 16.5. The van der Waals surface area contributed by atoms with Crippen molar-refractivity contribution < 1.29 is 9.53 Å². The molecule has 0 saturated heterocycles. The predicted molar refractivity (Wildman–Crippen MR) is 66.6 cm³/mol. The van der Waals surface area contributed by atoms with E-state index in [9.17, 15) is 4.79 Å². The molecule has 17 heavy (non-hydrogen) atoms. The second-order valence-corrected chi connectivity index (χ2v) is 4.62. The molecule has 88 valence electrons. The molecule has 3 heteroatoms. The van der Waals surface area contributed by atoms with Crippen molar-refractivity contribution in [3.8, 4) is 5.75 Å². The summed E-state index contributed by atoms with van der Waals surface area (Å²) in [5, 5.41) is 1.05. The predicted octanol–water partition coefficient (Wildman–Crippen LogP) is 3.30. The lowest BCUT2D eigenvalue weighted by Gasteiger charge is -2.12. The second kappa shape index (κ2) is 4.24. The Labute approximate surface area is 99.8 Å². The van der Waals surface area contributed by atoms with E-state index >= 15 is 0 Å². The number of hydrogen-bond donors (Lipinski definition) is 1. The first-order chi connectivity index (χ1) is 8.35. The van der Waals surface area contributed by atoms with E-state index in [-0.39, 0.29) is 0 Å². The van der Waals surface area contributed by atoms with Crippen molar-refractivity contribution >= 4 is 17.2 Å². The fraction of sp³-hybridized carbons (Fsp3) is 0.357. The number of aromatic nitrogens is 1. The molecule has 0 unspecified atom stereocenters. The molecule has 3 nitrogen and oxygen atoms in total. The molecule has 0 atom stereocenters. The zero-order valence-electron chi connectivity index (χ0n) is 9.61. The monoisotopic (exact) mass is 229 g/mol. The maximum absolute atomic E-state index is 10.7. The zero-order chi connectivity index (χ0) is 11.7. The minimum absolute atomic E-state index is 0.368. The molecule has 1 aromatic carbocycles. The molecule has 1 saturated carbocycles. The Balaban J connectivity index is 1.87. The number of ether oxygens (including phenoxy) is 1. The van der Waals surface area contributed by atoms with Gasteiger partial charge in [0.2, 0.25) is 0 Å². The summed E-state index contributed by atoms with van der Waals surface area (Å²) in [6, 6.07) is 7.79. The molecule has 0 radical (unpaired) electrons. The molecule has 0 spiro atoms. The van der Waals surface area contributed by atoms with Crippen molar-refractivity contribution in [3.05, 3.63) is 30.0 Å². The van der Waals surface area contributed by atoms with Gasteiger partial charge >= 0.3 is 0 Å². The van der Waals surface area contributed by atoms with Gasteiger partial charge in [-0.15, -0.1) is 0 Å². The maximum Gasteiger partial charge on any atom is 0.166 e. The molecule has 1 aliphatic rings. The number of rotatable bonds is 3. The first-order valence-corrected chi connectivity index (χ1v) is 6.10. The van der Waals surface area contributed by atoms with Crippen LogP contribution < -0.4 is 4.74 Å². The van der Waals surface area contributed by atoms with Crippen LogP contribution in [0.3, 0.4) is 0 Å². The van der Waals surface area contributed by atoms with Gasteiger partial charge in [-0.1, -0.05) is 0 Å². The highest BCUT2D eigenvalue weighted by Gasteiger charge is 2.16. The van der Waals surface area contributed by atoms with E-state index in [2.05, 4.69) is 4.98 Å². The quantitative estimate of drug-likeness (QED) is 0.820. The van der Waals surface area contributed by atoms with E-state index in [1.54, 1.807) is 0 Å². The van der Waals surface area contributed by atoms with Crippen molar-refractivity contribution in [3.63, 3.8) is 0 Å². The Hall–Kier alpha value is -1.77. The van der Waals surface area contributed by atoms with Gasteiger partial charge in [-0.2, -0.15) is 0 Å². The molecule has 1 fully saturated rings. The van der Waals surface area contributed by atoms with Crippen molar-refractivity contribution in [1.82, 2.24) is 4.98 Å². The Morgan fingerprint density at radius 1 is 1.24 bits per heavy atom. The van der Waals surface area contributed by atoms with Crippen LogP contribution in [-0.4, -0.2) is 17.4 Å². The number of benzene rings is 1. The molecule has 1 heterocycles. The minimum Gasteiger partial charge on any atom is -0.490 e. The first kappa shape index (κ1) is 10.4. The third-order valence-corrected chi connectivity index (χ3v) is 3.35. The van der Waals surface area contributed by atoms with Gasteiger partial charge in [0.05, 0.1) is 11.8 Å². The molecular weight excluding hydrogens is 214 g/mol. The van der Waals surface area contributed by atoms with E-state index < -0.39 is 0 Å². The summed E-state index contributed by atoms with van der Waals surface area (Å²) < 4.78 is 5.92. The van der Waals surface area contributed by atoms with Gasteiger partial charge in [-0.25, -0.2) is 0 Å². The van der Waals surface area contributed by atoms with Gasteiger partial charge in [0.15, 0.2) is 6.29 Å². The average molecular weight is 229 g/mol. The zero-order valence-corrected chi connectivity index (χ0v) is 9.61. The Bertz CT molecular complexity index is 538. The molecule has 0 amide bonds. The number of hydrogen-bond acceptors (Lipinski definition) is 2. The minimum atomic E-state index is 0.368. The fourth-order valence-electron chi connectivity index (χ4n) is 2.46. The number of nitrogens with one attached hydrogen (secondary N) is 1. The number of H-pyrrole nitrogens is 1. The van der Waals surface area contributed by atoms with E-state index in [1.165, 1.54) is 12.8 Å². The molecule has 2 aromatic rings. The van der Waals surface area contributed by atoms with Crippen LogP contribution in [0.15, 0.2) is 24.3 Å². The summed E-state index contributed by atoms with van der Waals surface area (Å²) in [6.45, 7) is 0. The summed E-state index contributed by atoms with van der Waals surface area (Å²) in [5.41, 5.74) is 1.57. The van der Waals surface area contributed by atoms with Crippen LogP contribution >= 0.6 is 0 Å². The van der Waals surface area contributed by atoms with Gasteiger partial charge in [0.25, 0.3) is 0 Å². The highest BCUT2D eigenvalue weighted by molar-refractivity contribution is 5.88. The van der Waals surface area contributed by atoms with Gasteiger partial charge in [0, 0.05) is 17.0 Å². The van der Waals surface area contributed by atoms with E-state index in [4.69, 9.17) is 4.74 Å². The Morgan fingerprint density at radius 2 is 2.06 bits per heavy atom. The van der Waals surface area contributed by atoms with E-state index in [1.807, 2.05) is 24.3 Å². The topological polar surface area (TPSA) is 42.1 Å². The van der Waals surface area contributed by atoms with Crippen LogP contribution in [0, 0.1) is 0 Å². The largest absolute Gasteiger partial charge is 0.490 e. The molecule has 1 aromatic heterocycles. The standard InChI is InChI=1S/C14H15NO2/c16-9-11-7-10-5-6-13(8-14(10)15-11)17-12-3-1-2-4-12/h5-9,12,15H,1-4H2. The van der Waals surface area contributed by atoms with Crippen molar-refractivity contribution in [2.24, 2.45) is 0 Å². The highest BCUT2D eigenvalue weighted by Crippen LogP contribution is 2.26. The smallest absolute Gasteiger partial charge is 0.166 e. The maximum atomic E-state index is 10.7. The van der Waals surface area contributed by atoms with Crippen LogP contribution in [0.25, 0.3) is 10.9 Å². The van der Waals surface area contributed by atoms with Crippen LogP contribution in [0.4, 0.5) is 0 Å². The molecule has 0 aliphatic heterocycles. The van der Waals surface area contributed by atoms with E-state index in [0.29, 0.717) is 11.8 Å². The first-order valence-electron chi connectivity index (χ1n) is 6.10. The summed E-state index contributed by atoms with van der Waals surface area (Å²) >= 11 is 0. The number of carbonyl (C=O) groups is 1. The molecule has 0 bridgehead atoms. The number of aldehydes is 1. The van der Waals surface area contributed by atoms with Crippen molar-refractivity contribution in [2.75, 3.05) is 0 Å². The van der Waals surface area contributed by atoms with Crippen LogP contribution in [-0.2, 0) is 0 Å². The molecule has 1 N–H and O–H groups in total. The van der Waals surface area contributed by atoms with Crippen LogP contribution in [0.1, 0.15) is 36.2 Å². The number of fused-ring (bicyclic) bond motifs is 1. The summed E-state index contributed by atoms with van der Waals surface area (Å²) in [6.07, 6.45) is 6.05. The average Bonchev–Trinajstić information content (AvgIpc) is 2.96. The number of aromatic amines is 1. The lowest BCUT2D eigenvalue weighted by Crippen LogP contribution is -2.10. The third-order valence-electron chi connectivity index (χ3n) is 3.35. The lowest BCUT2D eigenvalue weighted by molar-refractivity contribution is 0.112. The summed E-state index contributed by atoms with van der Waals surface area (Å²) in [4.78, 5) is 13.7. The lowest BCUT2D eigenvalue weighted by atomic mass is 10.2. The summed E-state index contributed by atoms with van der Waals surface area (Å²) in [5.74, 6) is 0.892. The van der Waals surface area contributed by atoms with Crippen molar-refractivity contribution in [2.45, 2.75) is 31.8 Å². The van der Waals surface area contributed by atoms with Crippen LogP contribution in [0.5, 0.6) is 5.75 Å². The fourth-order valence-corrected chi connectivity index (χ4v) is 2.46.